The van der Waals surface area contributed by atoms with Crippen molar-refractivity contribution in [1.29, 1.82) is 0 Å². The number of H-pyrrole nitrogens is 1. The van der Waals surface area contributed by atoms with Crippen LogP contribution in [0.1, 0.15) is 125 Å². The first kappa shape index (κ1) is 30.8. The number of hydrogen-bond donors (Lipinski definition) is 1. The van der Waals surface area contributed by atoms with E-state index in [1.165, 1.54) is 83.5 Å². The maximum absolute atomic E-state index is 4.49. The van der Waals surface area contributed by atoms with Crippen LogP contribution in [0.25, 0.3) is 11.3 Å². The van der Waals surface area contributed by atoms with Crippen LogP contribution >= 0.6 is 0 Å². The molecule has 0 saturated carbocycles. The first-order valence-electron chi connectivity index (χ1n) is 16.4. The van der Waals surface area contributed by atoms with Crippen LogP contribution in [0, 0.1) is 0 Å². The fraction of sp³-hybridized carbons (Fsp3) is 0.474. The molecule has 4 aromatic rings. The van der Waals surface area contributed by atoms with E-state index >= 15 is 0 Å². The van der Waals surface area contributed by atoms with Crippen LogP contribution in [-0.4, -0.2) is 15.4 Å². The minimum atomic E-state index is 0.465. The number of hydrogen-bond acceptors (Lipinski definition) is 2. The van der Waals surface area contributed by atoms with Crippen LogP contribution < -0.4 is 0 Å². The topological polar surface area (TPSA) is 41.6 Å². The van der Waals surface area contributed by atoms with Crippen molar-refractivity contribution in [2.24, 2.45) is 0 Å². The van der Waals surface area contributed by atoms with Crippen LogP contribution in [0.3, 0.4) is 0 Å². The summed E-state index contributed by atoms with van der Waals surface area (Å²) >= 11 is 0. The molecule has 1 N–H and O–H groups in total. The fourth-order valence-electron chi connectivity index (χ4n) is 6.24. The van der Waals surface area contributed by atoms with Crippen LogP contribution in [0.15, 0.2) is 78.9 Å². The molecule has 1 heterocycles. The second-order valence-corrected chi connectivity index (χ2v) is 11.7. The first-order chi connectivity index (χ1) is 20.3. The molecule has 0 aliphatic heterocycles. The molecular formula is C38H51N3. The maximum atomic E-state index is 4.49. The van der Waals surface area contributed by atoms with Gasteiger partial charge in [0.1, 0.15) is 5.69 Å². The lowest BCUT2D eigenvalue weighted by Crippen LogP contribution is -2.09. The van der Waals surface area contributed by atoms with Gasteiger partial charge in [0.2, 0.25) is 0 Å². The first-order valence-corrected chi connectivity index (χ1v) is 16.4. The van der Waals surface area contributed by atoms with Crippen LogP contribution in [-0.2, 0) is 19.3 Å². The summed E-state index contributed by atoms with van der Waals surface area (Å²) < 4.78 is 0. The number of nitrogens with zero attached hydrogens (tertiary/aromatic N) is 2. The highest BCUT2D eigenvalue weighted by Crippen LogP contribution is 2.36. The zero-order valence-electron chi connectivity index (χ0n) is 25.6. The molecule has 3 nitrogen and oxygen atoms in total. The van der Waals surface area contributed by atoms with E-state index in [0.717, 1.165) is 29.8 Å². The molecule has 1 aromatic heterocycles. The van der Waals surface area contributed by atoms with Crippen molar-refractivity contribution in [1.82, 2.24) is 15.4 Å². The van der Waals surface area contributed by atoms with Gasteiger partial charge in [0.25, 0.3) is 0 Å². The average molecular weight is 550 g/mol. The van der Waals surface area contributed by atoms with Gasteiger partial charge in [0, 0.05) is 11.5 Å². The van der Waals surface area contributed by atoms with Crippen molar-refractivity contribution < 1.29 is 0 Å². The maximum Gasteiger partial charge on any atom is 0.115 e. The lowest BCUT2D eigenvalue weighted by atomic mass is 9.80. The third-order valence-electron chi connectivity index (χ3n) is 8.53. The normalized spacial score (nSPS) is 11.4. The van der Waals surface area contributed by atoms with Crippen LogP contribution in [0.2, 0.25) is 0 Å². The molecule has 41 heavy (non-hydrogen) atoms. The van der Waals surface area contributed by atoms with Gasteiger partial charge in [-0.05, 0) is 67.2 Å². The molecule has 0 unspecified atom stereocenters. The molecule has 0 amide bonds. The molecule has 218 valence electrons. The molecule has 0 saturated heterocycles. The summed E-state index contributed by atoms with van der Waals surface area (Å²) in [5, 5.41) is 11.8. The number of benzene rings is 3. The molecule has 0 radical (unpaired) electrons. The number of unbranched alkanes of at least 4 members (excludes halogenated alkanes) is 8. The van der Waals surface area contributed by atoms with Crippen molar-refractivity contribution in [3.63, 3.8) is 0 Å². The highest BCUT2D eigenvalue weighted by atomic mass is 15.3. The van der Waals surface area contributed by atoms with Gasteiger partial charge < -0.3 is 0 Å². The highest BCUT2D eigenvalue weighted by Gasteiger charge is 2.20. The number of aromatic amines is 1. The molecule has 0 atom stereocenters. The number of rotatable bonds is 19. The largest absolute Gasteiger partial charge is 0.197 e. The van der Waals surface area contributed by atoms with E-state index in [2.05, 4.69) is 102 Å². The van der Waals surface area contributed by atoms with Crippen LogP contribution in [0.5, 0.6) is 0 Å². The Morgan fingerprint density at radius 3 is 1.68 bits per heavy atom. The second kappa shape index (κ2) is 17.6. The van der Waals surface area contributed by atoms with Crippen molar-refractivity contribution in [3.8, 4) is 11.3 Å². The monoisotopic (exact) mass is 549 g/mol. The minimum absolute atomic E-state index is 0.465. The number of nitrogens with one attached hydrogen (secondary N) is 1. The van der Waals surface area contributed by atoms with Crippen molar-refractivity contribution in [2.45, 2.75) is 116 Å². The standard InChI is InChI=1S/C38H51N3/c1-3-5-7-11-21-31-23-17-19-27-34(31)36(35-28-20-18-24-32(35)22-12-8-6-4-2)29-15-10-16-30-37-38(40-41-39-37)33-25-13-9-14-26-33/h9,13-14,17-20,23-28,36H,3-8,10-12,15-16,21-22,29-30H2,1-2H3,(H,39,40,41). The van der Waals surface area contributed by atoms with E-state index in [4.69, 9.17) is 0 Å². The Kier molecular flexibility index (Phi) is 13.2. The van der Waals surface area contributed by atoms with Gasteiger partial charge in [-0.2, -0.15) is 15.4 Å². The number of aromatic nitrogens is 3. The average Bonchev–Trinajstić information content (AvgIpc) is 3.49. The summed E-state index contributed by atoms with van der Waals surface area (Å²) in [4.78, 5) is 0. The molecule has 0 fully saturated rings. The lowest BCUT2D eigenvalue weighted by Gasteiger charge is -2.24. The molecular weight excluding hydrogens is 498 g/mol. The van der Waals surface area contributed by atoms with Crippen LogP contribution in [0.4, 0.5) is 0 Å². The summed E-state index contributed by atoms with van der Waals surface area (Å²) in [6, 6.07) is 29.1. The Bertz CT molecular complexity index is 1200. The quantitative estimate of drug-likeness (QED) is 0.118. The Hall–Kier alpha value is -3.20. The summed E-state index contributed by atoms with van der Waals surface area (Å²) in [5.41, 5.74) is 9.47. The van der Waals surface area contributed by atoms with E-state index in [0.29, 0.717) is 5.92 Å². The minimum Gasteiger partial charge on any atom is -0.197 e. The molecule has 0 bridgehead atoms. The summed E-state index contributed by atoms with van der Waals surface area (Å²) in [6.45, 7) is 4.60. The zero-order valence-corrected chi connectivity index (χ0v) is 25.6. The van der Waals surface area contributed by atoms with Gasteiger partial charge in [0.15, 0.2) is 0 Å². The third kappa shape index (κ3) is 9.42. The summed E-state index contributed by atoms with van der Waals surface area (Å²) in [6.07, 6.45) is 18.6. The molecule has 0 aliphatic rings. The Balaban J connectivity index is 1.46. The Morgan fingerprint density at radius 2 is 1.07 bits per heavy atom. The summed E-state index contributed by atoms with van der Waals surface area (Å²) in [5.74, 6) is 0.465. The predicted molar refractivity (Wildman–Crippen MR) is 174 cm³/mol. The third-order valence-corrected chi connectivity index (χ3v) is 8.53. The fourth-order valence-corrected chi connectivity index (χ4v) is 6.24. The highest BCUT2D eigenvalue weighted by molar-refractivity contribution is 5.60. The predicted octanol–water partition coefficient (Wildman–Crippen LogP) is 10.7. The van der Waals surface area contributed by atoms with Gasteiger partial charge in [-0.25, -0.2) is 0 Å². The van der Waals surface area contributed by atoms with Crippen molar-refractivity contribution >= 4 is 0 Å². The van der Waals surface area contributed by atoms with Gasteiger partial charge in [-0.15, -0.1) is 0 Å². The molecule has 0 spiro atoms. The Morgan fingerprint density at radius 1 is 0.537 bits per heavy atom. The van der Waals surface area contributed by atoms with Gasteiger partial charge in [-0.1, -0.05) is 144 Å². The van der Waals surface area contributed by atoms with E-state index < -0.39 is 0 Å². The van der Waals surface area contributed by atoms with Crippen molar-refractivity contribution in [3.05, 3.63) is 107 Å². The zero-order chi connectivity index (χ0) is 28.5. The van der Waals surface area contributed by atoms with E-state index in [1.54, 1.807) is 22.3 Å². The summed E-state index contributed by atoms with van der Waals surface area (Å²) in [7, 11) is 0. The molecule has 3 heteroatoms. The van der Waals surface area contributed by atoms with Gasteiger partial charge >= 0.3 is 0 Å². The second-order valence-electron chi connectivity index (χ2n) is 11.7. The molecule has 3 aromatic carbocycles. The van der Waals surface area contributed by atoms with E-state index in [-0.39, 0.29) is 0 Å². The van der Waals surface area contributed by atoms with Gasteiger partial charge in [-0.3, -0.25) is 0 Å². The van der Waals surface area contributed by atoms with E-state index in [9.17, 15) is 0 Å². The van der Waals surface area contributed by atoms with Crippen molar-refractivity contribution in [2.75, 3.05) is 0 Å². The number of aryl methyl sites for hydroxylation is 3. The molecule has 0 aliphatic carbocycles. The smallest absolute Gasteiger partial charge is 0.115 e. The van der Waals surface area contributed by atoms with Gasteiger partial charge in [0.05, 0.1) is 5.69 Å². The van der Waals surface area contributed by atoms with E-state index in [1.807, 2.05) is 6.07 Å². The lowest BCUT2D eigenvalue weighted by molar-refractivity contribution is 0.588. The SMILES string of the molecule is CCCCCCc1ccccc1C(CCCCCc1n[nH]nc1-c1ccccc1)c1ccccc1CCCCCC. The molecule has 4 rings (SSSR count). The Labute approximate surface area is 249 Å².